The van der Waals surface area contributed by atoms with Crippen molar-refractivity contribution in [3.05, 3.63) is 35.9 Å². The number of rotatable bonds is 9. The Morgan fingerprint density at radius 2 is 1.90 bits per heavy atom. The molecule has 0 aromatic heterocycles. The number of hydrogen-bond donors (Lipinski definition) is 2. The number of carbonyl (C=O) groups is 1. The molecular formula is C16H24O4. The first-order chi connectivity index (χ1) is 9.63. The lowest BCUT2D eigenvalue weighted by Gasteiger charge is -2.17. The molecule has 2 N–H and O–H groups in total. The highest BCUT2D eigenvalue weighted by Crippen LogP contribution is 2.09. The number of unbranched alkanes of at least 4 members (excludes halogenated alkanes) is 1. The summed E-state index contributed by atoms with van der Waals surface area (Å²) in [4.78, 5) is 11.3. The molecule has 0 saturated carbocycles. The quantitative estimate of drug-likeness (QED) is 0.680. The Hall–Kier alpha value is -1.39. The van der Waals surface area contributed by atoms with E-state index in [-0.39, 0.29) is 19.0 Å². The van der Waals surface area contributed by atoms with Crippen molar-refractivity contribution < 1.29 is 19.7 Å². The van der Waals surface area contributed by atoms with E-state index in [4.69, 9.17) is 4.74 Å². The molecule has 0 spiro atoms. The third kappa shape index (κ3) is 6.68. The van der Waals surface area contributed by atoms with Crippen molar-refractivity contribution >= 4 is 5.97 Å². The minimum absolute atomic E-state index is 0.148. The minimum atomic E-state index is -0.880. The third-order valence-electron chi connectivity index (χ3n) is 3.14. The second-order valence-corrected chi connectivity index (χ2v) is 4.94. The first-order valence-corrected chi connectivity index (χ1v) is 7.19. The van der Waals surface area contributed by atoms with E-state index < -0.39 is 12.2 Å². The van der Waals surface area contributed by atoms with Crippen LogP contribution in [-0.4, -0.2) is 35.0 Å². The average molecular weight is 280 g/mol. The molecule has 112 valence electrons. The van der Waals surface area contributed by atoms with Crippen molar-refractivity contribution in [3.8, 4) is 0 Å². The molecule has 4 heteroatoms. The Morgan fingerprint density at radius 3 is 2.55 bits per heavy atom. The molecule has 20 heavy (non-hydrogen) atoms. The van der Waals surface area contributed by atoms with Crippen molar-refractivity contribution in [1.82, 2.24) is 0 Å². The predicted octanol–water partition coefficient (Wildman–Crippen LogP) is 2.07. The Kier molecular flexibility index (Phi) is 7.92. The molecule has 0 fully saturated rings. The van der Waals surface area contributed by atoms with Gasteiger partial charge in [-0.3, -0.25) is 4.79 Å². The smallest absolute Gasteiger partial charge is 0.305 e. The summed E-state index contributed by atoms with van der Waals surface area (Å²) in [6.07, 6.45) is 1.11. The molecule has 1 aromatic carbocycles. The molecule has 4 nitrogen and oxygen atoms in total. The Balaban J connectivity index is 2.21. The zero-order valence-electron chi connectivity index (χ0n) is 12.0. The van der Waals surface area contributed by atoms with E-state index in [1.54, 1.807) is 0 Å². The second-order valence-electron chi connectivity index (χ2n) is 4.94. The van der Waals surface area contributed by atoms with Crippen LogP contribution in [0.5, 0.6) is 0 Å². The fourth-order valence-corrected chi connectivity index (χ4v) is 1.87. The summed E-state index contributed by atoms with van der Waals surface area (Å²) in [7, 11) is 0. The number of carbonyl (C=O) groups excluding carboxylic acids is 1. The van der Waals surface area contributed by atoms with E-state index in [0.717, 1.165) is 18.4 Å². The predicted molar refractivity (Wildman–Crippen MR) is 77.3 cm³/mol. The molecule has 0 radical (unpaired) electrons. The van der Waals surface area contributed by atoms with Gasteiger partial charge in [0.05, 0.1) is 18.8 Å². The fourth-order valence-electron chi connectivity index (χ4n) is 1.87. The summed E-state index contributed by atoms with van der Waals surface area (Å²) in [5, 5.41) is 19.7. The first kappa shape index (κ1) is 16.7. The van der Waals surface area contributed by atoms with Gasteiger partial charge in [0.25, 0.3) is 0 Å². The van der Waals surface area contributed by atoms with Gasteiger partial charge >= 0.3 is 5.97 Å². The largest absolute Gasteiger partial charge is 0.466 e. The maximum absolute atomic E-state index is 11.3. The second kappa shape index (κ2) is 9.50. The average Bonchev–Trinajstić information content (AvgIpc) is 2.46. The zero-order chi connectivity index (χ0) is 14.8. The van der Waals surface area contributed by atoms with Gasteiger partial charge in [-0.15, -0.1) is 0 Å². The van der Waals surface area contributed by atoms with Gasteiger partial charge in [0, 0.05) is 19.3 Å². The van der Waals surface area contributed by atoms with Gasteiger partial charge in [0.15, 0.2) is 0 Å². The Bertz CT molecular complexity index is 377. The van der Waals surface area contributed by atoms with Gasteiger partial charge in [-0.25, -0.2) is 0 Å². The van der Waals surface area contributed by atoms with Gasteiger partial charge in [-0.1, -0.05) is 43.7 Å². The Morgan fingerprint density at radius 1 is 1.20 bits per heavy atom. The maximum atomic E-state index is 11.3. The minimum Gasteiger partial charge on any atom is -0.466 e. The zero-order valence-corrected chi connectivity index (χ0v) is 12.0. The number of esters is 1. The van der Waals surface area contributed by atoms with Crippen LogP contribution < -0.4 is 0 Å². The van der Waals surface area contributed by atoms with Crippen LogP contribution in [-0.2, 0) is 16.0 Å². The molecule has 1 rings (SSSR count). The van der Waals surface area contributed by atoms with Crippen molar-refractivity contribution in [2.24, 2.45) is 0 Å². The summed E-state index contributed by atoms with van der Waals surface area (Å²) in [6, 6.07) is 9.50. The standard InChI is InChI=1S/C16H24O4/c1-2-3-9-16(19)20-11-10-14(17)15(18)12-13-7-5-4-6-8-13/h4-8,14-15,17-18H,2-3,9-12H2,1H3/t14-,15-/m0/s1. The van der Waals surface area contributed by atoms with Gasteiger partial charge in [-0.2, -0.15) is 0 Å². The first-order valence-electron chi connectivity index (χ1n) is 7.19. The van der Waals surface area contributed by atoms with Crippen molar-refractivity contribution in [1.29, 1.82) is 0 Å². The highest BCUT2D eigenvalue weighted by atomic mass is 16.5. The van der Waals surface area contributed by atoms with Crippen LogP contribution in [0.2, 0.25) is 0 Å². The van der Waals surface area contributed by atoms with E-state index >= 15 is 0 Å². The number of ether oxygens (including phenoxy) is 1. The van der Waals surface area contributed by atoms with Gasteiger partial charge in [-0.05, 0) is 12.0 Å². The number of hydrogen-bond acceptors (Lipinski definition) is 4. The molecule has 0 amide bonds. The monoisotopic (exact) mass is 280 g/mol. The summed E-state index contributed by atoms with van der Waals surface area (Å²) >= 11 is 0. The molecule has 0 aliphatic rings. The van der Waals surface area contributed by atoms with Crippen LogP contribution in [0.1, 0.15) is 38.2 Å². The fraction of sp³-hybridized carbons (Fsp3) is 0.562. The highest BCUT2D eigenvalue weighted by molar-refractivity contribution is 5.69. The van der Waals surface area contributed by atoms with E-state index in [0.29, 0.717) is 12.8 Å². The van der Waals surface area contributed by atoms with Crippen LogP contribution in [0.3, 0.4) is 0 Å². The Labute approximate surface area is 120 Å². The van der Waals surface area contributed by atoms with Gasteiger partial charge in [0.2, 0.25) is 0 Å². The lowest BCUT2D eigenvalue weighted by atomic mass is 10.0. The lowest BCUT2D eigenvalue weighted by Crippen LogP contribution is -2.29. The number of aliphatic hydroxyl groups excluding tert-OH is 2. The summed E-state index contributed by atoms with van der Waals surface area (Å²) in [5.74, 6) is -0.239. The van der Waals surface area contributed by atoms with E-state index in [1.165, 1.54) is 0 Å². The molecular weight excluding hydrogens is 256 g/mol. The molecule has 0 bridgehead atoms. The SMILES string of the molecule is CCCCC(=O)OCC[C@H](O)[C@@H](O)Cc1ccccc1. The van der Waals surface area contributed by atoms with Crippen LogP contribution >= 0.6 is 0 Å². The van der Waals surface area contributed by atoms with Crippen LogP contribution in [0, 0.1) is 0 Å². The summed E-state index contributed by atoms with van der Waals surface area (Å²) in [6.45, 7) is 2.16. The molecule has 0 heterocycles. The third-order valence-corrected chi connectivity index (χ3v) is 3.14. The summed E-state index contributed by atoms with van der Waals surface area (Å²) in [5.41, 5.74) is 0.971. The molecule has 0 aliphatic carbocycles. The van der Waals surface area contributed by atoms with Crippen LogP contribution in [0.25, 0.3) is 0 Å². The van der Waals surface area contributed by atoms with E-state index in [9.17, 15) is 15.0 Å². The normalized spacial score (nSPS) is 13.8. The van der Waals surface area contributed by atoms with Gasteiger partial charge < -0.3 is 14.9 Å². The van der Waals surface area contributed by atoms with Crippen LogP contribution in [0.4, 0.5) is 0 Å². The van der Waals surface area contributed by atoms with Gasteiger partial charge in [0.1, 0.15) is 0 Å². The molecule has 0 aliphatic heterocycles. The van der Waals surface area contributed by atoms with Crippen molar-refractivity contribution in [2.75, 3.05) is 6.61 Å². The number of aliphatic hydroxyl groups is 2. The van der Waals surface area contributed by atoms with Crippen molar-refractivity contribution in [3.63, 3.8) is 0 Å². The van der Waals surface area contributed by atoms with E-state index in [2.05, 4.69) is 0 Å². The highest BCUT2D eigenvalue weighted by Gasteiger charge is 2.17. The van der Waals surface area contributed by atoms with Crippen LogP contribution in [0.15, 0.2) is 30.3 Å². The number of benzene rings is 1. The maximum Gasteiger partial charge on any atom is 0.305 e. The van der Waals surface area contributed by atoms with Crippen molar-refractivity contribution in [2.45, 2.75) is 51.2 Å². The molecule has 2 atom stereocenters. The molecule has 0 unspecified atom stereocenters. The summed E-state index contributed by atoms with van der Waals surface area (Å²) < 4.78 is 5.01. The van der Waals surface area contributed by atoms with E-state index in [1.807, 2.05) is 37.3 Å². The topological polar surface area (TPSA) is 66.8 Å². The molecule has 1 aromatic rings. The molecule has 0 saturated heterocycles. The lowest BCUT2D eigenvalue weighted by molar-refractivity contribution is -0.144.